The summed E-state index contributed by atoms with van der Waals surface area (Å²) in [6.07, 6.45) is -5.12. The highest BCUT2D eigenvalue weighted by Gasteiger charge is 2.45. The van der Waals surface area contributed by atoms with Crippen molar-refractivity contribution in [1.29, 1.82) is 0 Å². The Bertz CT molecular complexity index is 4510. The van der Waals surface area contributed by atoms with Gasteiger partial charge in [0, 0.05) is 74.9 Å². The van der Waals surface area contributed by atoms with Crippen molar-refractivity contribution in [3.05, 3.63) is 54.2 Å². The molecular formula is C79H114N20O30. The first kappa shape index (κ1) is 106. The number of nitrogens with two attached hydrogens (primary N) is 3. The highest BCUT2D eigenvalue weighted by molar-refractivity contribution is 6.03. The van der Waals surface area contributed by atoms with Crippen LogP contribution in [0.25, 0.3) is 10.9 Å². The molecule has 129 heavy (non-hydrogen) atoms. The molecule has 15 atom stereocenters. The Morgan fingerprint density at radius 1 is 0.442 bits per heavy atom. The number of carbonyl (C=O) groups is 22. The average Bonchev–Trinajstić information content (AvgIpc) is 1.70. The van der Waals surface area contributed by atoms with E-state index in [1.54, 1.807) is 31.2 Å². The first-order valence-corrected chi connectivity index (χ1v) is 41.7. The lowest BCUT2D eigenvalue weighted by molar-refractivity contribution is -0.147. The Balaban J connectivity index is 1.34. The van der Waals surface area contributed by atoms with Crippen molar-refractivity contribution >= 4 is 141 Å². The predicted octanol–water partition coefficient (Wildman–Crippen LogP) is -6.29. The lowest BCUT2D eigenvalue weighted by Gasteiger charge is -2.32. The topological polar surface area (TPSA) is 811 Å². The number of hydrogen-bond acceptors (Lipinski definition) is 26. The van der Waals surface area contributed by atoms with E-state index in [0.29, 0.717) is 35.7 Å². The second kappa shape index (κ2) is 53.0. The summed E-state index contributed by atoms with van der Waals surface area (Å²) in [5, 5.41) is 107. The van der Waals surface area contributed by atoms with E-state index in [4.69, 9.17) is 22.3 Å². The number of fused-ring (bicyclic) bond motifs is 1. The maximum Gasteiger partial charge on any atom is 0.326 e. The number of likely N-dealkylation sites (tertiary alicyclic amines) is 2. The van der Waals surface area contributed by atoms with E-state index in [-0.39, 0.29) is 96.1 Å². The van der Waals surface area contributed by atoms with Gasteiger partial charge in [-0.1, -0.05) is 38.5 Å². The molecule has 14 amide bonds. The zero-order valence-corrected chi connectivity index (χ0v) is 70.8. The van der Waals surface area contributed by atoms with E-state index < -0.39 is 298 Å². The van der Waals surface area contributed by atoms with Crippen LogP contribution in [0.4, 0.5) is 0 Å². The first-order chi connectivity index (χ1) is 61.1. The number of aromatic amines is 2. The second-order valence-electron chi connectivity index (χ2n) is 31.0. The third-order valence-corrected chi connectivity index (χ3v) is 21.2. The van der Waals surface area contributed by atoms with Crippen LogP contribution in [0.1, 0.15) is 166 Å². The number of aromatic nitrogens is 3. The van der Waals surface area contributed by atoms with Gasteiger partial charge in [-0.15, -0.1) is 0 Å². The van der Waals surface area contributed by atoms with Gasteiger partial charge in [-0.25, -0.2) is 9.78 Å². The third kappa shape index (κ3) is 35.2. The summed E-state index contributed by atoms with van der Waals surface area (Å²) in [6, 6.07) is -18.1. The summed E-state index contributed by atoms with van der Waals surface area (Å²) in [6.45, 7) is 1.99. The molecule has 50 nitrogen and oxygen atoms in total. The van der Waals surface area contributed by atoms with Crippen LogP contribution in [0.5, 0.6) is 0 Å². The number of nitrogens with zero attached hydrogens (tertiary/aromatic N) is 3. The summed E-state index contributed by atoms with van der Waals surface area (Å²) in [7, 11) is 0. The highest BCUT2D eigenvalue weighted by Crippen LogP contribution is 2.25. The molecule has 2 fully saturated rings. The van der Waals surface area contributed by atoms with Gasteiger partial charge in [0.2, 0.25) is 82.7 Å². The van der Waals surface area contributed by atoms with Gasteiger partial charge in [-0.3, -0.25) is 101 Å². The normalized spacial score (nSPS) is 16.5. The van der Waals surface area contributed by atoms with Gasteiger partial charge in [-0.2, -0.15) is 0 Å². The van der Waals surface area contributed by atoms with Gasteiger partial charge in [0.1, 0.15) is 78.5 Å². The van der Waals surface area contributed by atoms with Gasteiger partial charge in [-0.05, 0) is 121 Å². The highest BCUT2D eigenvalue weighted by atomic mass is 16.4. The summed E-state index contributed by atoms with van der Waals surface area (Å²) < 4.78 is 0. The Morgan fingerprint density at radius 2 is 0.853 bits per heavy atom. The fourth-order valence-corrected chi connectivity index (χ4v) is 14.2. The van der Waals surface area contributed by atoms with Crippen LogP contribution in [-0.2, 0) is 118 Å². The van der Waals surface area contributed by atoms with Crippen molar-refractivity contribution in [3.63, 3.8) is 0 Å². The van der Waals surface area contributed by atoms with Crippen molar-refractivity contribution in [2.24, 2.45) is 23.1 Å². The molecule has 0 aliphatic carbocycles. The molecule has 2 aliphatic heterocycles. The first-order valence-electron chi connectivity index (χ1n) is 41.7. The molecule has 5 rings (SSSR count). The largest absolute Gasteiger partial charge is 0.481 e. The molecule has 4 heterocycles. The Kier molecular flexibility index (Phi) is 43.4. The van der Waals surface area contributed by atoms with Crippen LogP contribution in [0.2, 0.25) is 0 Å². The molecule has 0 unspecified atom stereocenters. The van der Waals surface area contributed by atoms with Gasteiger partial charge in [0.05, 0.1) is 43.9 Å². The second-order valence-corrected chi connectivity index (χ2v) is 31.0. The number of rotatable bonds is 59. The van der Waals surface area contributed by atoms with E-state index in [2.05, 4.69) is 73.4 Å². The number of amides is 14. The van der Waals surface area contributed by atoms with Crippen molar-refractivity contribution in [3.8, 4) is 0 Å². The number of imidazole rings is 1. The minimum absolute atomic E-state index is 0.0149. The van der Waals surface area contributed by atoms with Crippen LogP contribution in [0, 0.1) is 5.92 Å². The van der Waals surface area contributed by atoms with E-state index in [1.807, 2.05) is 5.32 Å². The smallest absolute Gasteiger partial charge is 0.326 e. The number of para-hydroxylation sites is 1. The molecule has 1 aromatic carbocycles. The number of benzene rings is 1. The quantitative estimate of drug-likeness (QED) is 0.0234. The SMILES string of the molecule is CC[C@H](C)[C@H](NC(=O)[C@@H]1CCCN1C(=O)[C@H](CC(=O)O)NC(=O)[C@H](CC(=O)O)NC(=O)[C@H](CC(=O)O)NC(=O)[C@@H]1CCCN1C(=O)[C@H](CCC(=O)O)NC(=O)[C@H](Cc1c[nH]c2ccccc12)NC(=O)CNC(=O)[C@@H](N)CCC(=O)O)C(=O)N[C@@H](CCC(=O)O)C(=O)N[C@@H](CCC(=O)O)C(=O)N[C@@H](Cc1c[nH]cn1)C(=O)N[C@@H](CCCCN)C(=O)N[C@@H](CCCCN)C(=O)O. The van der Waals surface area contributed by atoms with Crippen LogP contribution in [-0.4, -0.2) is 313 Å². The molecule has 710 valence electrons. The average molecular weight is 1820 g/mol. The lowest BCUT2D eigenvalue weighted by Crippen LogP contribution is -2.61. The number of carboxylic acids is 8. The molecule has 28 N–H and O–H groups in total. The predicted molar refractivity (Wildman–Crippen MR) is 443 cm³/mol. The fraction of sp³-hybridized carbons (Fsp3) is 0.582. The number of aliphatic carboxylic acids is 8. The molecule has 50 heteroatoms. The van der Waals surface area contributed by atoms with Gasteiger partial charge < -0.3 is 142 Å². The van der Waals surface area contributed by atoms with Crippen molar-refractivity contribution in [2.45, 2.75) is 253 Å². The summed E-state index contributed by atoms with van der Waals surface area (Å²) >= 11 is 0. The fourth-order valence-electron chi connectivity index (χ4n) is 14.2. The van der Waals surface area contributed by atoms with Gasteiger partial charge in [0.15, 0.2) is 0 Å². The number of unbranched alkanes of at least 4 members (excludes halogenated alkanes) is 2. The molecule has 2 saturated heterocycles. The lowest BCUT2D eigenvalue weighted by atomic mass is 9.96. The van der Waals surface area contributed by atoms with Crippen molar-refractivity contribution < 1.29 is 146 Å². The molecule has 0 bridgehead atoms. The van der Waals surface area contributed by atoms with Crippen LogP contribution in [0.3, 0.4) is 0 Å². The molecule has 3 aromatic rings. The van der Waals surface area contributed by atoms with Crippen LogP contribution < -0.4 is 81.0 Å². The number of H-pyrrole nitrogens is 2. The van der Waals surface area contributed by atoms with E-state index in [1.165, 1.54) is 25.6 Å². The molecule has 0 radical (unpaired) electrons. The minimum Gasteiger partial charge on any atom is -0.481 e. The Hall–Kier alpha value is -13.8. The zero-order valence-electron chi connectivity index (χ0n) is 70.8. The third-order valence-electron chi connectivity index (χ3n) is 21.2. The summed E-state index contributed by atoms with van der Waals surface area (Å²) in [5.41, 5.74) is 18.2. The van der Waals surface area contributed by atoms with E-state index in [9.17, 15) is 141 Å². The zero-order chi connectivity index (χ0) is 95.9. The molecule has 2 aliphatic rings. The maximum absolute atomic E-state index is 14.6. The number of carboxylic acid groups (broad SMARTS) is 8. The molecule has 0 saturated carbocycles. The standard InChI is InChI=1S/C79H114N20O30/c1-3-39(2)65(76(125)90-47(20-24-60(105)106)68(117)89-46(19-23-59(103)104)69(118)93-51(31-41-36-83-38-86-41)71(120)88-45(14-6-8-26-80)67(116)92-49(79(128)129)15-7-9-27-81)97-75(124)56-17-11-29-99(56)78(127)54(34-64(113)114)96-73(122)52(32-62(109)110)94-72(121)53(33-63(111)112)95-74(123)55-16-10-28-98(55)77(126)48(21-25-61(107)108)91-70(119)50(30-40-35-84-44-13-5-4-12-42(40)44)87-57(100)37-85-66(115)43(82)18-22-58(101)102/h4-5,12-13,35-36,38-39,43,45-56,65,84H,3,6-11,14-34,37,80-82H2,1-2H3,(H,83,86)(H,85,115)(H,87,100)(H,88,120)(H,89,117)(H,90,125)(H,91,119)(H,92,116)(H,93,118)(H,94,121)(H,95,123)(H,96,122)(H,97,124)(H,101,102)(H,103,104)(H,105,106)(H,107,108)(H,109,110)(H,111,112)(H,113,114)(H,128,129)/t39-,43-,45-,46-,47-,48-,49-,50-,51-,52-,53-,54-,55-,56-,65-/m0/s1. The summed E-state index contributed by atoms with van der Waals surface area (Å²) in [5.74, 6) is -30.0. The maximum atomic E-state index is 14.6. The number of hydrogen-bond donors (Lipinski definition) is 25. The minimum atomic E-state index is -2.35. The molecule has 2 aromatic heterocycles. The van der Waals surface area contributed by atoms with Gasteiger partial charge >= 0.3 is 47.8 Å². The van der Waals surface area contributed by atoms with E-state index >= 15 is 0 Å². The summed E-state index contributed by atoms with van der Waals surface area (Å²) in [4.78, 5) is 307. The van der Waals surface area contributed by atoms with Crippen LogP contribution >= 0.6 is 0 Å². The number of nitrogens with one attached hydrogen (secondary N) is 14. The Morgan fingerprint density at radius 3 is 1.35 bits per heavy atom. The monoisotopic (exact) mass is 1820 g/mol. The molecular weight excluding hydrogens is 1710 g/mol. The number of carbonyl (C=O) groups excluding carboxylic acids is 14. The Labute approximate surface area is 736 Å². The van der Waals surface area contributed by atoms with E-state index in [0.717, 1.165) is 9.80 Å². The van der Waals surface area contributed by atoms with Gasteiger partial charge in [0.25, 0.3) is 0 Å². The van der Waals surface area contributed by atoms with Crippen molar-refractivity contribution in [2.75, 3.05) is 32.7 Å². The van der Waals surface area contributed by atoms with Crippen molar-refractivity contribution in [1.82, 2.24) is 88.6 Å². The molecule has 0 spiro atoms. The van der Waals surface area contributed by atoms with Crippen LogP contribution in [0.15, 0.2) is 43.0 Å².